The van der Waals surface area contributed by atoms with Gasteiger partial charge in [-0.25, -0.2) is 0 Å². The molecule has 2 unspecified atom stereocenters. The molecule has 1 saturated heterocycles. The van der Waals surface area contributed by atoms with Crippen LogP contribution in [0, 0.1) is 5.92 Å². The summed E-state index contributed by atoms with van der Waals surface area (Å²) < 4.78 is 10.2. The number of aliphatic carboxylic acids is 1. The minimum atomic E-state index is -0.758. The average Bonchev–Trinajstić information content (AvgIpc) is 2.73. The third-order valence-corrected chi connectivity index (χ3v) is 3.04. The van der Waals surface area contributed by atoms with Crippen molar-refractivity contribution >= 4 is 5.97 Å². The van der Waals surface area contributed by atoms with Crippen LogP contribution in [0.1, 0.15) is 12.8 Å². The van der Waals surface area contributed by atoms with Crippen molar-refractivity contribution in [1.29, 1.82) is 0 Å². The number of methoxy groups -OCH3 is 1. The fourth-order valence-corrected chi connectivity index (χ4v) is 1.99. The Morgan fingerprint density at radius 3 is 2.88 bits per heavy atom. The Morgan fingerprint density at radius 2 is 2.25 bits per heavy atom. The molecule has 0 aromatic carbocycles. The normalized spacial score (nSPS) is 25.2. The van der Waals surface area contributed by atoms with Crippen LogP contribution < -0.4 is 0 Å². The number of nitrogens with zero attached hydrogens (tertiary/aromatic N) is 1. The van der Waals surface area contributed by atoms with Crippen LogP contribution in [-0.2, 0) is 14.3 Å². The van der Waals surface area contributed by atoms with E-state index in [1.807, 2.05) is 7.05 Å². The van der Waals surface area contributed by atoms with E-state index in [-0.39, 0.29) is 12.0 Å². The van der Waals surface area contributed by atoms with E-state index in [9.17, 15) is 4.79 Å². The standard InChI is InChI=1S/C11H21NO4/c1-12(5-3-4-6-15-2)10-8-16-7-9(10)11(13)14/h9-10H,3-8H2,1-2H3,(H,13,14). The van der Waals surface area contributed by atoms with Crippen molar-refractivity contribution < 1.29 is 19.4 Å². The van der Waals surface area contributed by atoms with Crippen molar-refractivity contribution in [3.8, 4) is 0 Å². The van der Waals surface area contributed by atoms with Gasteiger partial charge in [0.25, 0.3) is 0 Å². The van der Waals surface area contributed by atoms with E-state index in [4.69, 9.17) is 14.6 Å². The first-order valence-electron chi connectivity index (χ1n) is 5.66. The number of carbonyl (C=O) groups is 1. The number of ether oxygens (including phenoxy) is 2. The maximum atomic E-state index is 11.0. The van der Waals surface area contributed by atoms with Gasteiger partial charge in [0.1, 0.15) is 0 Å². The zero-order chi connectivity index (χ0) is 12.0. The Hall–Kier alpha value is -0.650. The molecule has 94 valence electrons. The molecule has 1 aliphatic rings. The van der Waals surface area contributed by atoms with Gasteiger partial charge in [-0.05, 0) is 26.4 Å². The van der Waals surface area contributed by atoms with E-state index in [2.05, 4.69) is 4.90 Å². The molecule has 0 aromatic heterocycles. The maximum Gasteiger partial charge on any atom is 0.310 e. The lowest BCUT2D eigenvalue weighted by Crippen LogP contribution is -2.41. The number of carboxylic acid groups (broad SMARTS) is 1. The second-order valence-corrected chi connectivity index (χ2v) is 4.23. The summed E-state index contributed by atoms with van der Waals surface area (Å²) in [4.78, 5) is 13.1. The van der Waals surface area contributed by atoms with Gasteiger partial charge in [-0.3, -0.25) is 4.79 Å². The van der Waals surface area contributed by atoms with Crippen LogP contribution in [0.15, 0.2) is 0 Å². The van der Waals surface area contributed by atoms with Gasteiger partial charge < -0.3 is 19.5 Å². The van der Waals surface area contributed by atoms with Crippen molar-refractivity contribution in [2.24, 2.45) is 5.92 Å². The average molecular weight is 231 g/mol. The van der Waals surface area contributed by atoms with E-state index >= 15 is 0 Å². The van der Waals surface area contributed by atoms with Crippen molar-refractivity contribution in [1.82, 2.24) is 4.90 Å². The van der Waals surface area contributed by atoms with Crippen LogP contribution in [0.4, 0.5) is 0 Å². The molecule has 0 spiro atoms. The summed E-state index contributed by atoms with van der Waals surface area (Å²) in [5.41, 5.74) is 0. The van der Waals surface area contributed by atoms with Gasteiger partial charge in [0.05, 0.1) is 19.1 Å². The zero-order valence-corrected chi connectivity index (χ0v) is 10.0. The first-order chi connectivity index (χ1) is 7.66. The predicted octanol–water partition coefficient (Wildman–Crippen LogP) is 0.444. The molecule has 1 rings (SSSR count). The third-order valence-electron chi connectivity index (χ3n) is 3.04. The minimum Gasteiger partial charge on any atom is -0.481 e. The number of likely N-dealkylation sites (N-methyl/N-ethyl adjacent to an activating group) is 1. The van der Waals surface area contributed by atoms with Crippen LogP contribution in [0.25, 0.3) is 0 Å². The number of hydrogen-bond donors (Lipinski definition) is 1. The Bertz CT molecular complexity index is 222. The van der Waals surface area contributed by atoms with Crippen molar-refractivity contribution in [2.75, 3.05) is 40.5 Å². The third kappa shape index (κ3) is 3.73. The summed E-state index contributed by atoms with van der Waals surface area (Å²) in [5.74, 6) is -1.14. The molecule has 0 aliphatic carbocycles. The molecule has 16 heavy (non-hydrogen) atoms. The molecule has 0 aromatic rings. The zero-order valence-electron chi connectivity index (χ0n) is 10.0. The van der Waals surface area contributed by atoms with Gasteiger partial charge in [0, 0.05) is 19.8 Å². The van der Waals surface area contributed by atoms with E-state index in [0.717, 1.165) is 26.0 Å². The molecule has 5 heteroatoms. The van der Waals surface area contributed by atoms with E-state index in [0.29, 0.717) is 13.2 Å². The van der Waals surface area contributed by atoms with Crippen LogP contribution in [0.5, 0.6) is 0 Å². The number of unbranched alkanes of at least 4 members (excludes halogenated alkanes) is 1. The molecule has 1 aliphatic heterocycles. The highest BCUT2D eigenvalue weighted by Crippen LogP contribution is 2.19. The molecule has 0 bridgehead atoms. The molecular weight excluding hydrogens is 210 g/mol. The Morgan fingerprint density at radius 1 is 1.50 bits per heavy atom. The van der Waals surface area contributed by atoms with Crippen molar-refractivity contribution in [3.63, 3.8) is 0 Å². The Kier molecular flexibility index (Phi) is 5.73. The van der Waals surface area contributed by atoms with Gasteiger partial charge in [-0.2, -0.15) is 0 Å². The molecular formula is C11H21NO4. The molecule has 0 saturated carbocycles. The summed E-state index contributed by atoms with van der Waals surface area (Å²) in [6.45, 7) is 2.51. The monoisotopic (exact) mass is 231 g/mol. The summed E-state index contributed by atoms with van der Waals surface area (Å²) in [6, 6.07) is 0.0139. The highest BCUT2D eigenvalue weighted by atomic mass is 16.5. The minimum absolute atomic E-state index is 0.0139. The lowest BCUT2D eigenvalue weighted by molar-refractivity contribution is -0.143. The fraction of sp³-hybridized carbons (Fsp3) is 0.909. The predicted molar refractivity (Wildman–Crippen MR) is 59.5 cm³/mol. The second-order valence-electron chi connectivity index (χ2n) is 4.23. The highest BCUT2D eigenvalue weighted by molar-refractivity contribution is 5.71. The second kappa shape index (κ2) is 6.83. The van der Waals surface area contributed by atoms with Gasteiger partial charge >= 0.3 is 5.97 Å². The highest BCUT2D eigenvalue weighted by Gasteiger charge is 2.36. The van der Waals surface area contributed by atoms with E-state index < -0.39 is 5.97 Å². The Labute approximate surface area is 96.3 Å². The first kappa shape index (κ1) is 13.4. The summed E-state index contributed by atoms with van der Waals surface area (Å²) >= 11 is 0. The van der Waals surface area contributed by atoms with E-state index in [1.165, 1.54) is 0 Å². The van der Waals surface area contributed by atoms with Crippen molar-refractivity contribution in [3.05, 3.63) is 0 Å². The van der Waals surface area contributed by atoms with Gasteiger partial charge in [-0.15, -0.1) is 0 Å². The van der Waals surface area contributed by atoms with Gasteiger partial charge in [0.15, 0.2) is 0 Å². The molecule has 0 radical (unpaired) electrons. The van der Waals surface area contributed by atoms with Crippen LogP contribution >= 0.6 is 0 Å². The largest absolute Gasteiger partial charge is 0.481 e. The lowest BCUT2D eigenvalue weighted by Gasteiger charge is -2.25. The molecule has 1 fully saturated rings. The molecule has 0 amide bonds. The number of carboxylic acids is 1. The first-order valence-corrected chi connectivity index (χ1v) is 5.66. The molecule has 1 N–H and O–H groups in total. The topological polar surface area (TPSA) is 59.0 Å². The van der Waals surface area contributed by atoms with Crippen LogP contribution in [0.3, 0.4) is 0 Å². The number of rotatable bonds is 7. The molecule has 1 heterocycles. The fourth-order valence-electron chi connectivity index (χ4n) is 1.99. The summed E-state index contributed by atoms with van der Waals surface area (Å²) in [5, 5.41) is 9.02. The summed E-state index contributed by atoms with van der Waals surface area (Å²) in [6.07, 6.45) is 2.03. The molecule has 2 atom stereocenters. The Balaban J connectivity index is 2.29. The molecule has 5 nitrogen and oxygen atoms in total. The van der Waals surface area contributed by atoms with Gasteiger partial charge in [-0.1, -0.05) is 0 Å². The quantitative estimate of drug-likeness (QED) is 0.644. The smallest absolute Gasteiger partial charge is 0.310 e. The van der Waals surface area contributed by atoms with Crippen molar-refractivity contribution in [2.45, 2.75) is 18.9 Å². The SMILES string of the molecule is COCCCCN(C)C1COCC1C(=O)O. The van der Waals surface area contributed by atoms with E-state index in [1.54, 1.807) is 7.11 Å². The van der Waals surface area contributed by atoms with Gasteiger partial charge in [0.2, 0.25) is 0 Å². The van der Waals surface area contributed by atoms with Crippen LogP contribution in [-0.4, -0.2) is 62.5 Å². The maximum absolute atomic E-state index is 11.0. The number of hydrogen-bond acceptors (Lipinski definition) is 4. The lowest BCUT2D eigenvalue weighted by atomic mass is 10.0. The summed E-state index contributed by atoms with van der Waals surface area (Å²) in [7, 11) is 3.65. The van der Waals surface area contributed by atoms with Crippen LogP contribution in [0.2, 0.25) is 0 Å².